The lowest BCUT2D eigenvalue weighted by molar-refractivity contribution is 0.102. The summed E-state index contributed by atoms with van der Waals surface area (Å²) in [5, 5.41) is 22.3. The van der Waals surface area contributed by atoms with Crippen LogP contribution in [0.5, 0.6) is 17.2 Å². The Balaban J connectivity index is 2.36. The van der Waals surface area contributed by atoms with Crippen LogP contribution < -0.4 is 10.1 Å². The molecule has 5 nitrogen and oxygen atoms in total. The fraction of sp³-hybridized carbons (Fsp3) is 0.133. The maximum absolute atomic E-state index is 12.2. The highest BCUT2D eigenvalue weighted by atomic mass is 35.5. The van der Waals surface area contributed by atoms with Gasteiger partial charge in [-0.05, 0) is 30.7 Å². The summed E-state index contributed by atoms with van der Waals surface area (Å²) in [7, 11) is 1.46. The van der Waals surface area contributed by atoms with E-state index >= 15 is 0 Å². The van der Waals surface area contributed by atoms with Gasteiger partial charge in [-0.25, -0.2) is 0 Å². The van der Waals surface area contributed by atoms with Crippen LogP contribution in [0.15, 0.2) is 30.3 Å². The molecule has 3 N–H and O–H groups in total. The molecular formula is C15H14ClNO4. The van der Waals surface area contributed by atoms with Crippen molar-refractivity contribution in [3.05, 3.63) is 46.5 Å². The average Bonchev–Trinajstić information content (AvgIpc) is 2.45. The van der Waals surface area contributed by atoms with Crippen LogP contribution >= 0.6 is 11.6 Å². The molecule has 2 aromatic carbocycles. The van der Waals surface area contributed by atoms with E-state index in [1.807, 2.05) is 0 Å². The number of aryl methyl sites for hydroxylation is 1. The van der Waals surface area contributed by atoms with Crippen LogP contribution in [0.4, 0.5) is 5.69 Å². The van der Waals surface area contributed by atoms with Crippen molar-refractivity contribution in [3.8, 4) is 17.2 Å². The molecule has 110 valence electrons. The minimum atomic E-state index is -0.566. The number of halogens is 1. The van der Waals surface area contributed by atoms with E-state index in [2.05, 4.69) is 5.32 Å². The first-order valence-corrected chi connectivity index (χ1v) is 6.48. The van der Waals surface area contributed by atoms with Gasteiger partial charge in [0.2, 0.25) is 0 Å². The van der Waals surface area contributed by atoms with Crippen LogP contribution in [0.1, 0.15) is 15.9 Å². The third kappa shape index (κ3) is 3.03. The zero-order valence-corrected chi connectivity index (χ0v) is 12.2. The second kappa shape index (κ2) is 5.93. The molecule has 0 aliphatic carbocycles. The molecule has 2 rings (SSSR count). The lowest BCUT2D eigenvalue weighted by Gasteiger charge is -2.13. The smallest absolute Gasteiger partial charge is 0.259 e. The topological polar surface area (TPSA) is 78.8 Å². The van der Waals surface area contributed by atoms with E-state index in [4.69, 9.17) is 16.3 Å². The molecule has 2 aromatic rings. The Labute approximate surface area is 126 Å². The lowest BCUT2D eigenvalue weighted by atomic mass is 10.1. The van der Waals surface area contributed by atoms with Gasteiger partial charge in [0.05, 0.1) is 18.4 Å². The number of hydrogen-bond acceptors (Lipinski definition) is 4. The van der Waals surface area contributed by atoms with Gasteiger partial charge in [-0.15, -0.1) is 0 Å². The Morgan fingerprint density at radius 2 is 2.00 bits per heavy atom. The predicted molar refractivity (Wildman–Crippen MR) is 80.5 cm³/mol. The number of aromatic hydroxyl groups is 2. The first-order chi connectivity index (χ1) is 9.93. The standard InChI is InChI=1S/C15H14ClNO4/c1-8-6-11(13(21-2)7-10(8)16)17-15(20)9-4-3-5-12(18)14(9)19/h3-7,18-19H,1-2H3,(H,17,20). The Morgan fingerprint density at radius 3 is 2.67 bits per heavy atom. The van der Waals surface area contributed by atoms with Gasteiger partial charge in [-0.2, -0.15) is 0 Å². The lowest BCUT2D eigenvalue weighted by Crippen LogP contribution is -2.13. The number of methoxy groups -OCH3 is 1. The number of anilines is 1. The fourth-order valence-electron chi connectivity index (χ4n) is 1.83. The predicted octanol–water partition coefficient (Wildman–Crippen LogP) is 3.32. The third-order valence-electron chi connectivity index (χ3n) is 2.99. The van der Waals surface area contributed by atoms with Gasteiger partial charge in [-0.3, -0.25) is 4.79 Å². The van der Waals surface area contributed by atoms with Crippen molar-refractivity contribution in [2.45, 2.75) is 6.92 Å². The van der Waals surface area contributed by atoms with Gasteiger partial charge in [0.15, 0.2) is 11.5 Å². The van der Waals surface area contributed by atoms with E-state index in [1.165, 1.54) is 25.3 Å². The number of carbonyl (C=O) groups is 1. The Morgan fingerprint density at radius 1 is 1.29 bits per heavy atom. The monoisotopic (exact) mass is 307 g/mol. The summed E-state index contributed by atoms with van der Waals surface area (Å²) in [5.74, 6) is -0.997. The largest absolute Gasteiger partial charge is 0.504 e. The second-order valence-corrected chi connectivity index (χ2v) is 4.84. The van der Waals surface area contributed by atoms with E-state index in [9.17, 15) is 15.0 Å². The number of phenolic OH excluding ortho intramolecular Hbond substituents is 2. The number of nitrogens with one attached hydrogen (secondary N) is 1. The molecule has 0 atom stereocenters. The molecule has 0 saturated carbocycles. The van der Waals surface area contributed by atoms with Crippen LogP contribution in [-0.2, 0) is 0 Å². The number of benzene rings is 2. The summed E-state index contributed by atoms with van der Waals surface area (Å²) in [5.41, 5.74) is 1.16. The SMILES string of the molecule is COc1cc(Cl)c(C)cc1NC(=O)c1cccc(O)c1O. The van der Waals surface area contributed by atoms with Crippen molar-refractivity contribution < 1.29 is 19.7 Å². The van der Waals surface area contributed by atoms with Crippen LogP contribution in [-0.4, -0.2) is 23.2 Å². The minimum absolute atomic E-state index is 0.0374. The molecule has 0 saturated heterocycles. The van der Waals surface area contributed by atoms with Crippen molar-refractivity contribution >= 4 is 23.2 Å². The summed E-state index contributed by atoms with van der Waals surface area (Å²) in [6, 6.07) is 7.42. The first-order valence-electron chi connectivity index (χ1n) is 6.10. The molecule has 0 heterocycles. The van der Waals surface area contributed by atoms with Gasteiger partial charge in [-0.1, -0.05) is 17.7 Å². The van der Waals surface area contributed by atoms with Crippen LogP contribution in [0.2, 0.25) is 5.02 Å². The number of amides is 1. The fourth-order valence-corrected chi connectivity index (χ4v) is 1.99. The summed E-state index contributed by atoms with van der Waals surface area (Å²) < 4.78 is 5.16. The van der Waals surface area contributed by atoms with E-state index in [0.29, 0.717) is 16.5 Å². The van der Waals surface area contributed by atoms with Crippen molar-refractivity contribution in [2.75, 3.05) is 12.4 Å². The highest BCUT2D eigenvalue weighted by Crippen LogP contribution is 2.33. The molecular weight excluding hydrogens is 294 g/mol. The highest BCUT2D eigenvalue weighted by molar-refractivity contribution is 6.31. The maximum Gasteiger partial charge on any atom is 0.259 e. The molecule has 0 unspecified atom stereocenters. The molecule has 6 heteroatoms. The molecule has 0 aliphatic heterocycles. The molecule has 0 aromatic heterocycles. The van der Waals surface area contributed by atoms with Crippen molar-refractivity contribution in [1.82, 2.24) is 0 Å². The Kier molecular flexibility index (Phi) is 4.23. The second-order valence-electron chi connectivity index (χ2n) is 4.43. The van der Waals surface area contributed by atoms with E-state index in [0.717, 1.165) is 5.56 Å². The van der Waals surface area contributed by atoms with E-state index < -0.39 is 11.7 Å². The molecule has 0 fully saturated rings. The molecule has 0 spiro atoms. The zero-order valence-electron chi connectivity index (χ0n) is 11.5. The maximum atomic E-state index is 12.2. The minimum Gasteiger partial charge on any atom is -0.504 e. The van der Waals surface area contributed by atoms with Crippen molar-refractivity contribution in [3.63, 3.8) is 0 Å². The number of carbonyl (C=O) groups excluding carboxylic acids is 1. The summed E-state index contributed by atoms with van der Waals surface area (Å²) >= 11 is 6.00. The van der Waals surface area contributed by atoms with Crippen LogP contribution in [0, 0.1) is 6.92 Å². The van der Waals surface area contributed by atoms with Crippen LogP contribution in [0.3, 0.4) is 0 Å². The quantitative estimate of drug-likeness (QED) is 0.760. The molecule has 0 radical (unpaired) electrons. The Hall–Kier alpha value is -2.40. The molecule has 1 amide bonds. The number of ether oxygens (including phenoxy) is 1. The third-order valence-corrected chi connectivity index (χ3v) is 3.40. The van der Waals surface area contributed by atoms with Crippen molar-refractivity contribution in [1.29, 1.82) is 0 Å². The number of para-hydroxylation sites is 1. The molecule has 0 bridgehead atoms. The summed E-state index contributed by atoms with van der Waals surface area (Å²) in [4.78, 5) is 12.2. The molecule has 21 heavy (non-hydrogen) atoms. The van der Waals surface area contributed by atoms with E-state index in [1.54, 1.807) is 19.1 Å². The molecule has 0 aliphatic rings. The normalized spacial score (nSPS) is 10.2. The average molecular weight is 308 g/mol. The number of hydrogen-bond donors (Lipinski definition) is 3. The number of rotatable bonds is 3. The van der Waals surface area contributed by atoms with Gasteiger partial charge in [0.25, 0.3) is 5.91 Å². The summed E-state index contributed by atoms with van der Waals surface area (Å²) in [6.07, 6.45) is 0. The van der Waals surface area contributed by atoms with E-state index in [-0.39, 0.29) is 11.3 Å². The van der Waals surface area contributed by atoms with Crippen molar-refractivity contribution in [2.24, 2.45) is 0 Å². The summed E-state index contributed by atoms with van der Waals surface area (Å²) in [6.45, 7) is 1.79. The Bertz CT molecular complexity index is 700. The highest BCUT2D eigenvalue weighted by Gasteiger charge is 2.16. The van der Waals surface area contributed by atoms with Gasteiger partial charge in [0, 0.05) is 11.1 Å². The van der Waals surface area contributed by atoms with Gasteiger partial charge >= 0.3 is 0 Å². The number of phenols is 2. The zero-order chi connectivity index (χ0) is 15.6. The first kappa shape index (κ1) is 15.0. The van der Waals surface area contributed by atoms with Crippen LogP contribution in [0.25, 0.3) is 0 Å². The van der Waals surface area contributed by atoms with Gasteiger partial charge < -0.3 is 20.3 Å². The van der Waals surface area contributed by atoms with Gasteiger partial charge in [0.1, 0.15) is 5.75 Å².